The van der Waals surface area contributed by atoms with E-state index in [-0.39, 0.29) is 12.0 Å². The van der Waals surface area contributed by atoms with Crippen LogP contribution in [0.15, 0.2) is 72.9 Å². The van der Waals surface area contributed by atoms with Gasteiger partial charge in [0.2, 0.25) is 0 Å². The molecule has 4 heteroatoms. The number of hydrogen-bond acceptors (Lipinski definition) is 3. The molecule has 0 saturated carbocycles. The zero-order valence-electron chi connectivity index (χ0n) is 15.3. The van der Waals surface area contributed by atoms with E-state index in [0.29, 0.717) is 5.56 Å². The van der Waals surface area contributed by atoms with Gasteiger partial charge >= 0.3 is 0 Å². The van der Waals surface area contributed by atoms with Crippen molar-refractivity contribution in [3.8, 4) is 5.75 Å². The summed E-state index contributed by atoms with van der Waals surface area (Å²) in [5.74, 6) is 0.592. The highest BCUT2D eigenvalue weighted by Crippen LogP contribution is 2.28. The van der Waals surface area contributed by atoms with E-state index in [1.54, 1.807) is 18.3 Å². The van der Waals surface area contributed by atoms with Crippen LogP contribution in [0.4, 0.5) is 5.69 Å². The van der Waals surface area contributed by atoms with Crippen molar-refractivity contribution in [3.63, 3.8) is 0 Å². The minimum atomic E-state index is -0.160. The first-order valence-corrected chi connectivity index (χ1v) is 8.96. The van der Waals surface area contributed by atoms with Crippen LogP contribution in [-0.4, -0.2) is 17.0 Å². The molecule has 4 nitrogen and oxygen atoms in total. The first-order valence-electron chi connectivity index (χ1n) is 8.96. The highest BCUT2D eigenvalue weighted by molar-refractivity contribution is 6.13. The topological polar surface area (TPSA) is 51.2 Å². The lowest BCUT2D eigenvalue weighted by atomic mass is 10.1. The van der Waals surface area contributed by atoms with Gasteiger partial charge in [0.25, 0.3) is 5.91 Å². The number of amides is 1. The average Bonchev–Trinajstić information content (AvgIpc) is 2.68. The number of nitrogens with zero attached hydrogens (tertiary/aromatic N) is 1. The molecule has 4 rings (SSSR count). The maximum absolute atomic E-state index is 12.7. The molecule has 0 atom stereocenters. The predicted octanol–water partition coefficient (Wildman–Crippen LogP) is 5.43. The van der Waals surface area contributed by atoms with Crippen molar-refractivity contribution >= 4 is 33.3 Å². The molecular formula is C23H20N2O2. The summed E-state index contributed by atoms with van der Waals surface area (Å²) in [6.45, 7) is 3.94. The Morgan fingerprint density at radius 1 is 0.926 bits per heavy atom. The molecule has 27 heavy (non-hydrogen) atoms. The van der Waals surface area contributed by atoms with Crippen molar-refractivity contribution in [2.45, 2.75) is 20.0 Å². The zero-order valence-corrected chi connectivity index (χ0v) is 15.3. The predicted molar refractivity (Wildman–Crippen MR) is 109 cm³/mol. The molecular weight excluding hydrogens is 336 g/mol. The lowest BCUT2D eigenvalue weighted by Crippen LogP contribution is -2.12. The fraction of sp³-hybridized carbons (Fsp3) is 0.130. The summed E-state index contributed by atoms with van der Waals surface area (Å²) >= 11 is 0. The summed E-state index contributed by atoms with van der Waals surface area (Å²) in [5.41, 5.74) is 2.21. The third-order valence-electron chi connectivity index (χ3n) is 4.37. The van der Waals surface area contributed by atoms with Crippen LogP contribution in [0.25, 0.3) is 21.7 Å². The molecule has 0 spiro atoms. The summed E-state index contributed by atoms with van der Waals surface area (Å²) < 4.78 is 5.63. The van der Waals surface area contributed by atoms with Gasteiger partial charge in [-0.05, 0) is 49.6 Å². The van der Waals surface area contributed by atoms with Gasteiger partial charge in [0.1, 0.15) is 5.75 Å². The summed E-state index contributed by atoms with van der Waals surface area (Å²) in [6.07, 6.45) is 1.83. The average molecular weight is 356 g/mol. The molecule has 1 amide bonds. The Hall–Kier alpha value is -3.40. The first-order chi connectivity index (χ1) is 13.1. The van der Waals surface area contributed by atoms with E-state index in [4.69, 9.17) is 4.74 Å². The normalized spacial score (nSPS) is 11.1. The largest absolute Gasteiger partial charge is 0.491 e. The summed E-state index contributed by atoms with van der Waals surface area (Å²) in [7, 11) is 0. The standard InChI is InChI=1S/C23H20N2O2/c1-15(2)27-18-10-7-17(8-11-18)23(26)25-21-13-14-24-22-19-6-4-3-5-16(19)9-12-20(21)22/h3-15H,1-2H3,(H,24,25,26). The minimum absolute atomic E-state index is 0.0997. The van der Waals surface area contributed by atoms with Crippen molar-refractivity contribution in [1.82, 2.24) is 4.98 Å². The fourth-order valence-electron chi connectivity index (χ4n) is 3.15. The van der Waals surface area contributed by atoms with Crippen molar-refractivity contribution in [2.75, 3.05) is 5.32 Å². The molecule has 0 radical (unpaired) electrons. The monoisotopic (exact) mass is 356 g/mol. The van der Waals surface area contributed by atoms with Gasteiger partial charge in [-0.15, -0.1) is 0 Å². The summed E-state index contributed by atoms with van der Waals surface area (Å²) in [6, 6.07) is 21.1. The molecule has 1 aromatic heterocycles. The number of ether oxygens (including phenoxy) is 1. The number of carbonyl (C=O) groups is 1. The molecule has 0 aliphatic heterocycles. The lowest BCUT2D eigenvalue weighted by Gasteiger charge is -2.11. The Morgan fingerprint density at radius 3 is 2.48 bits per heavy atom. The lowest BCUT2D eigenvalue weighted by molar-refractivity contribution is 0.102. The van der Waals surface area contributed by atoms with Crippen LogP contribution in [0.5, 0.6) is 5.75 Å². The van der Waals surface area contributed by atoms with Gasteiger partial charge in [0.05, 0.1) is 17.3 Å². The molecule has 3 aromatic carbocycles. The second-order valence-electron chi connectivity index (χ2n) is 6.69. The number of anilines is 1. The SMILES string of the molecule is CC(C)Oc1ccc(C(=O)Nc2ccnc3c2ccc2ccccc23)cc1. The van der Waals surface area contributed by atoms with E-state index in [2.05, 4.69) is 16.4 Å². The smallest absolute Gasteiger partial charge is 0.255 e. The van der Waals surface area contributed by atoms with Crippen LogP contribution in [-0.2, 0) is 0 Å². The van der Waals surface area contributed by atoms with E-state index >= 15 is 0 Å². The van der Waals surface area contributed by atoms with E-state index in [1.165, 1.54) is 0 Å². The van der Waals surface area contributed by atoms with E-state index in [1.807, 2.05) is 62.4 Å². The molecule has 0 aliphatic carbocycles. The van der Waals surface area contributed by atoms with Gasteiger partial charge in [-0.25, -0.2) is 0 Å². The van der Waals surface area contributed by atoms with Crippen LogP contribution in [0.1, 0.15) is 24.2 Å². The molecule has 0 bridgehead atoms. The van der Waals surface area contributed by atoms with Crippen LogP contribution in [0.2, 0.25) is 0 Å². The van der Waals surface area contributed by atoms with Crippen molar-refractivity contribution in [2.24, 2.45) is 0 Å². The summed E-state index contributed by atoms with van der Waals surface area (Å²) in [4.78, 5) is 17.2. The molecule has 4 aromatic rings. The first kappa shape index (κ1) is 17.0. The van der Waals surface area contributed by atoms with Gasteiger partial charge in [0.15, 0.2) is 0 Å². The fourth-order valence-corrected chi connectivity index (χ4v) is 3.15. The number of aromatic nitrogens is 1. The third kappa shape index (κ3) is 3.47. The Labute approximate surface area is 157 Å². The Morgan fingerprint density at radius 2 is 1.70 bits per heavy atom. The molecule has 134 valence electrons. The zero-order chi connectivity index (χ0) is 18.8. The number of fused-ring (bicyclic) bond motifs is 3. The number of carbonyl (C=O) groups excluding carboxylic acids is 1. The van der Waals surface area contributed by atoms with E-state index < -0.39 is 0 Å². The van der Waals surface area contributed by atoms with Gasteiger partial charge in [0, 0.05) is 22.5 Å². The number of benzene rings is 3. The molecule has 0 fully saturated rings. The van der Waals surface area contributed by atoms with Crippen molar-refractivity contribution in [3.05, 3.63) is 78.5 Å². The third-order valence-corrected chi connectivity index (χ3v) is 4.37. The molecule has 0 aliphatic rings. The van der Waals surface area contributed by atoms with Gasteiger partial charge in [-0.1, -0.05) is 36.4 Å². The van der Waals surface area contributed by atoms with Crippen LogP contribution < -0.4 is 10.1 Å². The maximum Gasteiger partial charge on any atom is 0.255 e. The highest BCUT2D eigenvalue weighted by Gasteiger charge is 2.11. The Balaban J connectivity index is 1.65. The maximum atomic E-state index is 12.7. The van der Waals surface area contributed by atoms with Gasteiger partial charge in [-0.2, -0.15) is 0 Å². The summed E-state index contributed by atoms with van der Waals surface area (Å²) in [5, 5.41) is 6.12. The Bertz CT molecular complexity index is 1120. The van der Waals surface area contributed by atoms with E-state index in [0.717, 1.165) is 33.1 Å². The highest BCUT2D eigenvalue weighted by atomic mass is 16.5. The second kappa shape index (κ2) is 7.08. The number of pyridine rings is 1. The Kier molecular flexibility index (Phi) is 4.47. The number of hydrogen-bond donors (Lipinski definition) is 1. The van der Waals surface area contributed by atoms with Crippen LogP contribution >= 0.6 is 0 Å². The minimum Gasteiger partial charge on any atom is -0.491 e. The number of rotatable bonds is 4. The van der Waals surface area contributed by atoms with Crippen molar-refractivity contribution < 1.29 is 9.53 Å². The van der Waals surface area contributed by atoms with E-state index in [9.17, 15) is 4.79 Å². The van der Waals surface area contributed by atoms with Crippen LogP contribution in [0.3, 0.4) is 0 Å². The molecule has 1 heterocycles. The van der Waals surface area contributed by atoms with Gasteiger partial charge in [-0.3, -0.25) is 9.78 Å². The van der Waals surface area contributed by atoms with Crippen molar-refractivity contribution in [1.29, 1.82) is 0 Å². The quantitative estimate of drug-likeness (QED) is 0.496. The molecule has 0 unspecified atom stereocenters. The number of nitrogens with one attached hydrogen (secondary N) is 1. The van der Waals surface area contributed by atoms with Gasteiger partial charge < -0.3 is 10.1 Å². The van der Waals surface area contributed by atoms with Crippen LogP contribution in [0, 0.1) is 0 Å². The second-order valence-corrected chi connectivity index (χ2v) is 6.69. The molecule has 0 saturated heterocycles. The molecule has 1 N–H and O–H groups in total.